The van der Waals surface area contributed by atoms with Gasteiger partial charge >= 0.3 is 0 Å². The van der Waals surface area contributed by atoms with Crippen molar-refractivity contribution in [3.05, 3.63) is 66.0 Å². The van der Waals surface area contributed by atoms with Crippen molar-refractivity contribution in [1.82, 2.24) is 10.2 Å². The molecule has 0 spiro atoms. The first-order valence-electron chi connectivity index (χ1n) is 10.2. The van der Waals surface area contributed by atoms with Gasteiger partial charge in [0.25, 0.3) is 0 Å². The maximum absolute atomic E-state index is 12.9. The first-order valence-corrected chi connectivity index (χ1v) is 10.2. The maximum atomic E-state index is 12.9. The molecule has 1 fully saturated rings. The lowest BCUT2D eigenvalue weighted by Crippen LogP contribution is -2.43. The number of rotatable bonds is 8. The Hall–Kier alpha value is -2.73. The molecule has 1 aliphatic rings. The van der Waals surface area contributed by atoms with Crippen molar-refractivity contribution in [1.29, 1.82) is 0 Å². The monoisotopic (exact) mass is 397 g/mol. The molecule has 0 radical (unpaired) electrons. The van der Waals surface area contributed by atoms with E-state index in [2.05, 4.69) is 27.7 Å². The predicted molar refractivity (Wildman–Crippen MR) is 112 cm³/mol. The van der Waals surface area contributed by atoms with E-state index in [0.29, 0.717) is 12.2 Å². The van der Waals surface area contributed by atoms with Crippen molar-refractivity contribution in [2.45, 2.75) is 25.7 Å². The molecule has 2 amide bonds. The number of likely N-dealkylation sites (tertiary alicyclic amines) is 1. The molecule has 2 aromatic rings. The summed E-state index contributed by atoms with van der Waals surface area (Å²) in [6.07, 6.45) is 3.41. The molecule has 0 bridgehead atoms. The average molecular weight is 397 g/mol. The van der Waals surface area contributed by atoms with Crippen LogP contribution in [0.1, 0.15) is 24.8 Å². The van der Waals surface area contributed by atoms with Crippen LogP contribution < -0.4 is 10.6 Å². The largest absolute Gasteiger partial charge is 0.356 e. The third-order valence-corrected chi connectivity index (χ3v) is 5.24. The molecular weight excluding hydrogens is 369 g/mol. The normalized spacial score (nSPS) is 15.1. The van der Waals surface area contributed by atoms with Crippen molar-refractivity contribution >= 4 is 17.5 Å². The number of carbonyl (C=O) groups excluding carboxylic acids is 2. The van der Waals surface area contributed by atoms with Crippen LogP contribution in [0.25, 0.3) is 0 Å². The first-order chi connectivity index (χ1) is 14.1. The number of nitrogens with zero attached hydrogens (tertiary/aromatic N) is 1. The van der Waals surface area contributed by atoms with Gasteiger partial charge in [-0.1, -0.05) is 30.3 Å². The van der Waals surface area contributed by atoms with Crippen LogP contribution in [0.15, 0.2) is 54.6 Å². The Labute approximate surface area is 171 Å². The van der Waals surface area contributed by atoms with Gasteiger partial charge in [0.1, 0.15) is 5.82 Å². The summed E-state index contributed by atoms with van der Waals surface area (Å²) in [5.74, 6) is -0.319. The van der Waals surface area contributed by atoms with Gasteiger partial charge in [-0.2, -0.15) is 0 Å². The van der Waals surface area contributed by atoms with E-state index in [9.17, 15) is 14.0 Å². The number of halogens is 1. The summed E-state index contributed by atoms with van der Waals surface area (Å²) in [4.78, 5) is 26.6. The number of amides is 2. The zero-order valence-electron chi connectivity index (χ0n) is 16.6. The first kappa shape index (κ1) is 21.0. The van der Waals surface area contributed by atoms with Gasteiger partial charge < -0.3 is 10.6 Å². The summed E-state index contributed by atoms with van der Waals surface area (Å²) < 4.78 is 12.9. The minimum absolute atomic E-state index is 0.0168. The number of carbonyl (C=O) groups is 2. The van der Waals surface area contributed by atoms with Crippen LogP contribution in [0.4, 0.5) is 10.1 Å². The van der Waals surface area contributed by atoms with Gasteiger partial charge in [-0.05, 0) is 68.6 Å². The van der Waals surface area contributed by atoms with Crippen LogP contribution in [0.2, 0.25) is 0 Å². The smallest absolute Gasteiger partial charge is 0.238 e. The zero-order valence-corrected chi connectivity index (χ0v) is 16.6. The number of benzene rings is 2. The highest BCUT2D eigenvalue weighted by Gasteiger charge is 2.25. The summed E-state index contributed by atoms with van der Waals surface area (Å²) in [6, 6.07) is 16.0. The van der Waals surface area contributed by atoms with Gasteiger partial charge in [0.2, 0.25) is 11.8 Å². The van der Waals surface area contributed by atoms with Crippen molar-refractivity contribution in [3.63, 3.8) is 0 Å². The van der Waals surface area contributed by atoms with Crippen LogP contribution in [-0.2, 0) is 16.0 Å². The molecule has 1 aliphatic heterocycles. The molecule has 6 heteroatoms. The fourth-order valence-corrected chi connectivity index (χ4v) is 3.58. The Morgan fingerprint density at radius 1 is 1.00 bits per heavy atom. The van der Waals surface area contributed by atoms with Crippen LogP contribution in [-0.4, -0.2) is 42.9 Å². The molecule has 0 aromatic heterocycles. The van der Waals surface area contributed by atoms with E-state index in [1.807, 2.05) is 18.2 Å². The molecule has 1 saturated heterocycles. The molecule has 2 N–H and O–H groups in total. The standard InChI is InChI=1S/C23H28FN3O2/c24-20-8-10-21(11-9-20)26-22(28)17-27-15-12-19(13-16-27)23(29)25-14-4-7-18-5-2-1-3-6-18/h1-3,5-6,8-11,19H,4,7,12-17H2,(H,25,29)(H,26,28). The summed E-state index contributed by atoms with van der Waals surface area (Å²) in [7, 11) is 0. The van der Waals surface area contributed by atoms with Gasteiger partial charge in [-0.15, -0.1) is 0 Å². The summed E-state index contributed by atoms with van der Waals surface area (Å²) in [5.41, 5.74) is 1.87. The van der Waals surface area contributed by atoms with E-state index in [0.717, 1.165) is 38.8 Å². The Balaban J connectivity index is 1.31. The van der Waals surface area contributed by atoms with Crippen molar-refractivity contribution in [2.24, 2.45) is 5.92 Å². The van der Waals surface area contributed by atoms with Crippen LogP contribution in [0, 0.1) is 11.7 Å². The fraction of sp³-hybridized carbons (Fsp3) is 0.391. The minimum Gasteiger partial charge on any atom is -0.356 e. The molecule has 0 saturated carbocycles. The molecule has 29 heavy (non-hydrogen) atoms. The van der Waals surface area contributed by atoms with Crippen LogP contribution in [0.5, 0.6) is 0 Å². The molecule has 2 aromatic carbocycles. The topological polar surface area (TPSA) is 61.4 Å². The van der Waals surface area contributed by atoms with Crippen molar-refractivity contribution in [2.75, 3.05) is 31.5 Å². The highest BCUT2D eigenvalue weighted by atomic mass is 19.1. The SMILES string of the molecule is O=C(CN1CCC(C(=O)NCCCc2ccccc2)CC1)Nc1ccc(F)cc1. The summed E-state index contributed by atoms with van der Waals surface area (Å²) >= 11 is 0. The van der Waals surface area contributed by atoms with E-state index in [1.165, 1.54) is 17.7 Å². The Kier molecular flexibility index (Phi) is 7.76. The molecule has 5 nitrogen and oxygen atoms in total. The molecule has 0 aliphatic carbocycles. The Bertz CT molecular complexity index is 788. The number of nitrogens with one attached hydrogen (secondary N) is 2. The third kappa shape index (κ3) is 6.98. The van der Waals surface area contributed by atoms with E-state index in [1.54, 1.807) is 12.1 Å². The van der Waals surface area contributed by atoms with Crippen molar-refractivity contribution < 1.29 is 14.0 Å². The van der Waals surface area contributed by atoms with Crippen LogP contribution in [0.3, 0.4) is 0 Å². The lowest BCUT2D eigenvalue weighted by atomic mass is 9.96. The predicted octanol–water partition coefficient (Wildman–Crippen LogP) is 3.23. The molecule has 3 rings (SSSR count). The molecule has 1 heterocycles. The summed E-state index contributed by atoms with van der Waals surface area (Å²) in [5, 5.41) is 5.82. The third-order valence-electron chi connectivity index (χ3n) is 5.24. The van der Waals surface area contributed by atoms with Crippen LogP contribution >= 0.6 is 0 Å². The van der Waals surface area contributed by atoms with E-state index in [-0.39, 0.29) is 30.1 Å². The minimum atomic E-state index is -0.330. The second kappa shape index (κ2) is 10.7. The number of hydrogen-bond donors (Lipinski definition) is 2. The quantitative estimate of drug-likeness (QED) is 0.673. The van der Waals surface area contributed by atoms with E-state index in [4.69, 9.17) is 0 Å². The zero-order chi connectivity index (χ0) is 20.5. The van der Waals surface area contributed by atoms with E-state index < -0.39 is 0 Å². The van der Waals surface area contributed by atoms with Gasteiger partial charge in [0.05, 0.1) is 6.54 Å². The second-order valence-electron chi connectivity index (χ2n) is 7.49. The van der Waals surface area contributed by atoms with Gasteiger partial charge in [0, 0.05) is 18.2 Å². The average Bonchev–Trinajstić information content (AvgIpc) is 2.74. The van der Waals surface area contributed by atoms with Crippen molar-refractivity contribution in [3.8, 4) is 0 Å². The number of hydrogen-bond acceptors (Lipinski definition) is 3. The number of aryl methyl sites for hydroxylation is 1. The lowest BCUT2D eigenvalue weighted by molar-refractivity contribution is -0.126. The maximum Gasteiger partial charge on any atom is 0.238 e. The molecule has 0 atom stereocenters. The fourth-order valence-electron chi connectivity index (χ4n) is 3.58. The Morgan fingerprint density at radius 2 is 1.69 bits per heavy atom. The summed E-state index contributed by atoms with van der Waals surface area (Å²) in [6.45, 7) is 2.41. The van der Waals surface area contributed by atoms with Gasteiger partial charge in [-0.25, -0.2) is 4.39 Å². The number of anilines is 1. The number of piperidine rings is 1. The second-order valence-corrected chi connectivity index (χ2v) is 7.49. The van der Waals surface area contributed by atoms with Gasteiger partial charge in [-0.3, -0.25) is 14.5 Å². The molecular formula is C23H28FN3O2. The highest BCUT2D eigenvalue weighted by molar-refractivity contribution is 5.92. The highest BCUT2D eigenvalue weighted by Crippen LogP contribution is 2.17. The van der Waals surface area contributed by atoms with Gasteiger partial charge in [0.15, 0.2) is 0 Å². The van der Waals surface area contributed by atoms with E-state index >= 15 is 0 Å². The molecule has 0 unspecified atom stereocenters. The Morgan fingerprint density at radius 3 is 2.38 bits per heavy atom. The molecule has 154 valence electrons. The lowest BCUT2D eigenvalue weighted by Gasteiger charge is -2.30.